The van der Waals surface area contributed by atoms with E-state index in [0.717, 1.165) is 12.0 Å². The fourth-order valence-corrected chi connectivity index (χ4v) is 1.74. The lowest BCUT2D eigenvalue weighted by Crippen LogP contribution is -2.45. The predicted molar refractivity (Wildman–Crippen MR) is 77.6 cm³/mol. The summed E-state index contributed by atoms with van der Waals surface area (Å²) >= 11 is 0. The van der Waals surface area contributed by atoms with Gasteiger partial charge in [0.25, 0.3) is 5.91 Å². The average Bonchev–Trinajstić information content (AvgIpc) is 2.43. The Morgan fingerprint density at radius 1 is 1.19 bits per heavy atom. The van der Waals surface area contributed by atoms with Crippen LogP contribution in [0.4, 0.5) is 4.79 Å². The molecule has 0 aliphatic rings. The van der Waals surface area contributed by atoms with E-state index in [9.17, 15) is 14.4 Å². The molecule has 21 heavy (non-hydrogen) atoms. The molecule has 1 atom stereocenters. The molecule has 1 rings (SSSR count). The van der Waals surface area contributed by atoms with Crippen molar-refractivity contribution in [1.82, 2.24) is 5.32 Å². The molecular formula is C15H20N2O4. The van der Waals surface area contributed by atoms with Crippen molar-refractivity contribution in [3.63, 3.8) is 0 Å². The standard InChI is InChI=1S/C15H20N2O4/c1-4-10-5-7-11(8-6-10)14(19)21-12(9(2)3)13(18)17-15(16)20/h5-9,12H,4H2,1-3H3,(H3,16,17,18,20)/t12-/m1/s1. The first-order valence-electron chi connectivity index (χ1n) is 6.75. The Hall–Kier alpha value is -2.37. The number of carbonyl (C=O) groups is 3. The fraction of sp³-hybridized carbons (Fsp3) is 0.400. The number of hydrogen-bond donors (Lipinski definition) is 2. The van der Waals surface area contributed by atoms with Crippen LogP contribution < -0.4 is 11.1 Å². The smallest absolute Gasteiger partial charge is 0.338 e. The number of carbonyl (C=O) groups excluding carboxylic acids is 3. The van der Waals surface area contributed by atoms with Crippen molar-refractivity contribution in [2.75, 3.05) is 0 Å². The van der Waals surface area contributed by atoms with Crippen molar-refractivity contribution in [3.8, 4) is 0 Å². The van der Waals surface area contributed by atoms with Crippen LogP contribution in [0.2, 0.25) is 0 Å². The monoisotopic (exact) mass is 292 g/mol. The number of primary amides is 1. The summed E-state index contributed by atoms with van der Waals surface area (Å²) in [5.74, 6) is -1.63. The van der Waals surface area contributed by atoms with Crippen LogP contribution in [0, 0.1) is 5.92 Å². The number of ether oxygens (including phenoxy) is 1. The summed E-state index contributed by atoms with van der Waals surface area (Å²) in [5, 5.41) is 1.92. The molecule has 0 aromatic heterocycles. The van der Waals surface area contributed by atoms with Crippen molar-refractivity contribution >= 4 is 17.9 Å². The second kappa shape index (κ2) is 7.42. The van der Waals surface area contributed by atoms with Crippen LogP contribution in [0.3, 0.4) is 0 Å². The highest BCUT2D eigenvalue weighted by molar-refractivity contribution is 5.98. The Kier molecular flexibility index (Phi) is 5.90. The largest absolute Gasteiger partial charge is 0.448 e. The molecule has 6 nitrogen and oxygen atoms in total. The van der Waals surface area contributed by atoms with E-state index < -0.39 is 24.0 Å². The fourth-order valence-electron chi connectivity index (χ4n) is 1.74. The highest BCUT2D eigenvalue weighted by Crippen LogP contribution is 2.12. The minimum absolute atomic E-state index is 0.289. The van der Waals surface area contributed by atoms with Gasteiger partial charge in [0.2, 0.25) is 0 Å². The van der Waals surface area contributed by atoms with Crippen LogP contribution in [-0.2, 0) is 16.0 Å². The molecule has 0 fully saturated rings. The molecule has 0 radical (unpaired) electrons. The van der Waals surface area contributed by atoms with Gasteiger partial charge in [0.05, 0.1) is 5.56 Å². The average molecular weight is 292 g/mol. The van der Waals surface area contributed by atoms with Gasteiger partial charge in [-0.15, -0.1) is 0 Å². The number of urea groups is 1. The van der Waals surface area contributed by atoms with Gasteiger partial charge in [-0.1, -0.05) is 32.9 Å². The molecule has 6 heteroatoms. The van der Waals surface area contributed by atoms with Crippen LogP contribution in [-0.4, -0.2) is 24.0 Å². The van der Waals surface area contributed by atoms with Gasteiger partial charge in [-0.3, -0.25) is 10.1 Å². The molecular weight excluding hydrogens is 272 g/mol. The molecule has 0 bridgehead atoms. The van der Waals surface area contributed by atoms with Crippen molar-refractivity contribution < 1.29 is 19.1 Å². The van der Waals surface area contributed by atoms with Crippen molar-refractivity contribution in [2.24, 2.45) is 11.7 Å². The molecule has 114 valence electrons. The Bertz CT molecular complexity index is 523. The second-order valence-corrected chi connectivity index (χ2v) is 4.97. The van der Waals surface area contributed by atoms with E-state index in [1.807, 2.05) is 24.4 Å². The zero-order valence-corrected chi connectivity index (χ0v) is 12.4. The lowest BCUT2D eigenvalue weighted by atomic mass is 10.1. The minimum Gasteiger partial charge on any atom is -0.448 e. The number of rotatable bonds is 5. The Labute approximate surface area is 123 Å². The lowest BCUT2D eigenvalue weighted by molar-refractivity contribution is -0.130. The van der Waals surface area contributed by atoms with Gasteiger partial charge in [-0.25, -0.2) is 9.59 Å². The van der Waals surface area contributed by atoms with Crippen molar-refractivity contribution in [3.05, 3.63) is 35.4 Å². The number of aryl methyl sites for hydroxylation is 1. The predicted octanol–water partition coefficient (Wildman–Crippen LogP) is 1.63. The molecule has 0 saturated heterocycles. The van der Waals surface area contributed by atoms with E-state index in [1.54, 1.807) is 26.0 Å². The Morgan fingerprint density at radius 3 is 2.19 bits per heavy atom. The summed E-state index contributed by atoms with van der Waals surface area (Å²) in [6, 6.07) is 5.96. The van der Waals surface area contributed by atoms with Crippen molar-refractivity contribution in [2.45, 2.75) is 33.3 Å². The van der Waals surface area contributed by atoms with Gasteiger partial charge in [-0.2, -0.15) is 0 Å². The van der Waals surface area contributed by atoms with Gasteiger partial charge in [0, 0.05) is 0 Å². The Morgan fingerprint density at radius 2 is 1.76 bits per heavy atom. The highest BCUT2D eigenvalue weighted by atomic mass is 16.5. The number of benzene rings is 1. The van der Waals surface area contributed by atoms with Crippen LogP contribution in [0.5, 0.6) is 0 Å². The van der Waals surface area contributed by atoms with Gasteiger partial charge in [0.15, 0.2) is 6.10 Å². The third-order valence-corrected chi connectivity index (χ3v) is 2.94. The Balaban J connectivity index is 2.80. The van der Waals surface area contributed by atoms with Crippen molar-refractivity contribution in [1.29, 1.82) is 0 Å². The van der Waals surface area contributed by atoms with E-state index in [1.165, 1.54) is 0 Å². The van der Waals surface area contributed by atoms with Gasteiger partial charge in [0.1, 0.15) is 0 Å². The molecule has 0 spiro atoms. The molecule has 3 N–H and O–H groups in total. The maximum atomic E-state index is 12.0. The van der Waals surface area contributed by atoms with E-state index in [0.29, 0.717) is 5.56 Å². The second-order valence-electron chi connectivity index (χ2n) is 4.97. The van der Waals surface area contributed by atoms with E-state index >= 15 is 0 Å². The number of nitrogens with one attached hydrogen (secondary N) is 1. The zero-order valence-electron chi connectivity index (χ0n) is 12.4. The van der Waals surface area contributed by atoms with Crippen LogP contribution in [0.15, 0.2) is 24.3 Å². The molecule has 0 aliphatic carbocycles. The number of hydrogen-bond acceptors (Lipinski definition) is 4. The summed E-state index contributed by atoms with van der Waals surface area (Å²) < 4.78 is 5.18. The maximum absolute atomic E-state index is 12.0. The molecule has 1 aromatic carbocycles. The molecule has 3 amide bonds. The van der Waals surface area contributed by atoms with Gasteiger partial charge >= 0.3 is 12.0 Å². The van der Waals surface area contributed by atoms with Crippen LogP contribution in [0.1, 0.15) is 36.7 Å². The minimum atomic E-state index is -1.07. The number of esters is 1. The molecule has 0 unspecified atom stereocenters. The summed E-state index contributed by atoms with van der Waals surface area (Å²) in [6.45, 7) is 5.42. The molecule has 0 heterocycles. The summed E-state index contributed by atoms with van der Waals surface area (Å²) in [4.78, 5) is 34.5. The normalized spacial score (nSPS) is 11.8. The first kappa shape index (κ1) is 16.7. The first-order chi connectivity index (χ1) is 9.85. The van der Waals surface area contributed by atoms with Crippen LogP contribution >= 0.6 is 0 Å². The topological polar surface area (TPSA) is 98.5 Å². The third-order valence-electron chi connectivity index (χ3n) is 2.94. The van der Waals surface area contributed by atoms with E-state index in [2.05, 4.69) is 0 Å². The first-order valence-corrected chi connectivity index (χ1v) is 6.75. The SMILES string of the molecule is CCc1ccc(C(=O)O[C@@H](C(=O)NC(N)=O)C(C)C)cc1. The maximum Gasteiger partial charge on any atom is 0.338 e. The number of imide groups is 1. The van der Waals surface area contributed by atoms with Crippen LogP contribution in [0.25, 0.3) is 0 Å². The molecule has 1 aromatic rings. The zero-order chi connectivity index (χ0) is 16.0. The summed E-state index contributed by atoms with van der Waals surface area (Å²) in [7, 11) is 0. The quantitative estimate of drug-likeness (QED) is 0.806. The summed E-state index contributed by atoms with van der Waals surface area (Å²) in [6.07, 6.45) is -0.207. The third kappa shape index (κ3) is 4.91. The summed E-state index contributed by atoms with van der Waals surface area (Å²) in [5.41, 5.74) is 6.34. The number of nitrogens with two attached hydrogens (primary N) is 1. The van der Waals surface area contributed by atoms with Gasteiger partial charge < -0.3 is 10.5 Å². The van der Waals surface area contributed by atoms with E-state index in [4.69, 9.17) is 10.5 Å². The van der Waals surface area contributed by atoms with Gasteiger partial charge in [-0.05, 0) is 30.0 Å². The lowest BCUT2D eigenvalue weighted by Gasteiger charge is -2.19. The molecule has 0 saturated carbocycles. The number of amides is 3. The highest BCUT2D eigenvalue weighted by Gasteiger charge is 2.27. The molecule has 0 aliphatic heterocycles. The van der Waals surface area contributed by atoms with E-state index in [-0.39, 0.29) is 5.92 Å².